The molecule has 2 atom stereocenters. The number of aliphatic hydroxyl groups is 1. The van der Waals surface area contributed by atoms with Crippen LogP contribution in [0.4, 0.5) is 0 Å². The Hall–Kier alpha value is -1.82. The van der Waals surface area contributed by atoms with Crippen molar-refractivity contribution < 1.29 is 9.90 Å². The summed E-state index contributed by atoms with van der Waals surface area (Å²) in [7, 11) is 0. The maximum Gasteiger partial charge on any atom is 0.278 e. The van der Waals surface area contributed by atoms with E-state index in [4.69, 9.17) is 0 Å². The van der Waals surface area contributed by atoms with Crippen molar-refractivity contribution >= 4 is 11.7 Å². The van der Waals surface area contributed by atoms with Crippen LogP contribution in [0.25, 0.3) is 0 Å². The topological polar surface area (TPSA) is 78.7 Å². The Balaban J connectivity index is 2.19. The van der Waals surface area contributed by atoms with Crippen molar-refractivity contribution in [1.82, 2.24) is 14.9 Å². The van der Waals surface area contributed by atoms with E-state index in [0.29, 0.717) is 17.4 Å². The Kier molecular flexibility index (Phi) is 6.00. The summed E-state index contributed by atoms with van der Waals surface area (Å²) in [6.07, 6.45) is 8.28. The molecule has 0 aromatic carbocycles. The summed E-state index contributed by atoms with van der Waals surface area (Å²) >= 11 is 0. The molecule has 6 nitrogen and oxygen atoms in total. The number of β-amino-alcohol motifs (C(OH)–C–C–N with tert-alkyl or cyclic N) is 1. The highest BCUT2D eigenvalue weighted by atomic mass is 16.3. The third-order valence-corrected chi connectivity index (χ3v) is 4.01. The van der Waals surface area contributed by atoms with Gasteiger partial charge in [-0.3, -0.25) is 9.78 Å². The summed E-state index contributed by atoms with van der Waals surface area (Å²) in [6, 6.07) is 0. The van der Waals surface area contributed by atoms with E-state index in [9.17, 15) is 9.90 Å². The molecule has 2 unspecified atom stereocenters. The van der Waals surface area contributed by atoms with E-state index in [0.717, 1.165) is 19.4 Å². The summed E-state index contributed by atoms with van der Waals surface area (Å²) in [4.78, 5) is 26.0. The maximum atomic E-state index is 11.7. The predicted molar refractivity (Wildman–Crippen MR) is 84.5 cm³/mol. The summed E-state index contributed by atoms with van der Waals surface area (Å²) in [5.41, 5.74) is 0.577. The van der Waals surface area contributed by atoms with E-state index in [-0.39, 0.29) is 6.54 Å². The summed E-state index contributed by atoms with van der Waals surface area (Å²) < 4.78 is 0. The minimum absolute atomic E-state index is 0.275. The second-order valence-electron chi connectivity index (χ2n) is 5.70. The van der Waals surface area contributed by atoms with Crippen molar-refractivity contribution in [2.24, 2.45) is 10.9 Å². The summed E-state index contributed by atoms with van der Waals surface area (Å²) in [6.45, 7) is 5.40. The number of amides is 1. The number of unbranched alkanes of at least 4 members (excludes halogenated alkanes) is 1. The lowest BCUT2D eigenvalue weighted by Crippen LogP contribution is -2.48. The summed E-state index contributed by atoms with van der Waals surface area (Å²) in [5, 5.41) is 9.84. The van der Waals surface area contributed by atoms with E-state index in [1.54, 1.807) is 18.6 Å². The van der Waals surface area contributed by atoms with Gasteiger partial charge in [0.05, 0.1) is 12.7 Å². The van der Waals surface area contributed by atoms with E-state index in [2.05, 4.69) is 28.8 Å². The normalized spacial score (nSPS) is 20.0. The third-order valence-electron chi connectivity index (χ3n) is 4.01. The van der Waals surface area contributed by atoms with E-state index in [1.807, 2.05) is 4.90 Å². The summed E-state index contributed by atoms with van der Waals surface area (Å²) in [5.74, 6) is 0.541. The minimum atomic E-state index is -1.05. The first-order valence-corrected chi connectivity index (χ1v) is 7.97. The van der Waals surface area contributed by atoms with Crippen LogP contribution in [-0.2, 0) is 4.79 Å². The SMILES string of the molecule is CCCCC(CC)CN1CC(O)C(=O)N=C1c1cnccn1. The number of hydrogen-bond donors (Lipinski definition) is 1. The highest BCUT2D eigenvalue weighted by Gasteiger charge is 2.30. The molecule has 0 radical (unpaired) electrons. The Morgan fingerprint density at radius 1 is 1.41 bits per heavy atom. The monoisotopic (exact) mass is 304 g/mol. The molecule has 6 heteroatoms. The molecule has 1 amide bonds. The standard InChI is InChI=1S/C16H24N4O2/c1-3-5-6-12(4-2)10-20-11-14(21)16(22)19-15(20)13-9-17-7-8-18-13/h7-9,12,14,21H,3-6,10-11H2,1-2H3. The third kappa shape index (κ3) is 4.10. The lowest BCUT2D eigenvalue weighted by atomic mass is 9.98. The predicted octanol–water partition coefficient (Wildman–Crippen LogP) is 1.64. The van der Waals surface area contributed by atoms with Gasteiger partial charge in [-0.05, 0) is 12.3 Å². The molecule has 120 valence electrons. The molecule has 0 saturated heterocycles. The van der Waals surface area contributed by atoms with Crippen LogP contribution in [0.2, 0.25) is 0 Å². The molecule has 0 fully saturated rings. The Morgan fingerprint density at radius 3 is 2.86 bits per heavy atom. The van der Waals surface area contributed by atoms with Crippen molar-refractivity contribution in [2.75, 3.05) is 13.1 Å². The molecule has 22 heavy (non-hydrogen) atoms. The molecule has 0 saturated carbocycles. The Labute approximate surface area is 131 Å². The van der Waals surface area contributed by atoms with Crippen LogP contribution in [0.3, 0.4) is 0 Å². The van der Waals surface area contributed by atoms with Gasteiger partial charge >= 0.3 is 0 Å². The molecule has 0 bridgehead atoms. The molecule has 0 spiro atoms. The van der Waals surface area contributed by atoms with Crippen molar-refractivity contribution in [3.05, 3.63) is 24.3 Å². The van der Waals surface area contributed by atoms with Crippen LogP contribution in [0.1, 0.15) is 45.2 Å². The zero-order chi connectivity index (χ0) is 15.9. The van der Waals surface area contributed by atoms with E-state index >= 15 is 0 Å². The number of aliphatic hydroxyl groups excluding tert-OH is 1. The fourth-order valence-corrected chi connectivity index (χ4v) is 2.65. The van der Waals surface area contributed by atoms with E-state index < -0.39 is 12.0 Å². The van der Waals surface area contributed by atoms with Gasteiger partial charge in [-0.1, -0.05) is 33.1 Å². The van der Waals surface area contributed by atoms with Gasteiger partial charge in [-0.25, -0.2) is 4.98 Å². The lowest BCUT2D eigenvalue weighted by Gasteiger charge is -2.33. The zero-order valence-electron chi connectivity index (χ0n) is 13.3. The van der Waals surface area contributed by atoms with Gasteiger partial charge in [-0.15, -0.1) is 0 Å². The first-order valence-electron chi connectivity index (χ1n) is 7.97. The number of rotatable bonds is 7. The molecule has 2 heterocycles. The Bertz CT molecular complexity index is 518. The zero-order valence-corrected chi connectivity index (χ0v) is 13.3. The number of carbonyl (C=O) groups is 1. The van der Waals surface area contributed by atoms with Crippen LogP contribution >= 0.6 is 0 Å². The van der Waals surface area contributed by atoms with Gasteiger partial charge in [0.2, 0.25) is 0 Å². The molecular formula is C16H24N4O2. The van der Waals surface area contributed by atoms with Crippen LogP contribution in [0.5, 0.6) is 0 Å². The molecule has 1 N–H and O–H groups in total. The van der Waals surface area contributed by atoms with Gasteiger partial charge in [0, 0.05) is 18.9 Å². The van der Waals surface area contributed by atoms with Gasteiger partial charge in [0.25, 0.3) is 5.91 Å². The van der Waals surface area contributed by atoms with Crippen LogP contribution < -0.4 is 0 Å². The maximum absolute atomic E-state index is 11.7. The molecule has 1 aromatic rings. The number of hydrogen-bond acceptors (Lipinski definition) is 5. The molecule has 1 aliphatic rings. The van der Waals surface area contributed by atoms with Gasteiger partial charge in [-0.2, -0.15) is 4.99 Å². The number of aliphatic imine (C=N–C) groups is 1. The van der Waals surface area contributed by atoms with Gasteiger partial charge in [0.15, 0.2) is 11.9 Å². The van der Waals surface area contributed by atoms with Crippen LogP contribution in [0, 0.1) is 5.92 Å². The first kappa shape index (κ1) is 16.5. The molecular weight excluding hydrogens is 280 g/mol. The number of carbonyl (C=O) groups excluding carboxylic acids is 1. The molecule has 1 aromatic heterocycles. The van der Waals surface area contributed by atoms with E-state index in [1.165, 1.54) is 12.8 Å². The number of amidine groups is 1. The van der Waals surface area contributed by atoms with Crippen molar-refractivity contribution in [1.29, 1.82) is 0 Å². The largest absolute Gasteiger partial charge is 0.381 e. The van der Waals surface area contributed by atoms with Crippen molar-refractivity contribution in [2.45, 2.75) is 45.6 Å². The van der Waals surface area contributed by atoms with Crippen LogP contribution in [0.15, 0.2) is 23.6 Å². The number of nitrogens with zero attached hydrogens (tertiary/aromatic N) is 4. The van der Waals surface area contributed by atoms with Gasteiger partial charge in [0.1, 0.15) is 5.69 Å². The highest BCUT2D eigenvalue weighted by Crippen LogP contribution is 2.18. The quantitative estimate of drug-likeness (QED) is 0.828. The minimum Gasteiger partial charge on any atom is -0.381 e. The second kappa shape index (κ2) is 7.98. The van der Waals surface area contributed by atoms with Crippen molar-refractivity contribution in [3.63, 3.8) is 0 Å². The first-order chi connectivity index (χ1) is 10.7. The fraction of sp³-hybridized carbons (Fsp3) is 0.625. The molecule has 0 aliphatic carbocycles. The average Bonchev–Trinajstić information content (AvgIpc) is 2.55. The molecule has 1 aliphatic heterocycles. The fourth-order valence-electron chi connectivity index (χ4n) is 2.65. The Morgan fingerprint density at radius 2 is 2.23 bits per heavy atom. The second-order valence-corrected chi connectivity index (χ2v) is 5.70. The molecule has 2 rings (SSSR count). The lowest BCUT2D eigenvalue weighted by molar-refractivity contribution is -0.127. The van der Waals surface area contributed by atoms with Crippen molar-refractivity contribution in [3.8, 4) is 0 Å². The highest BCUT2D eigenvalue weighted by molar-refractivity contribution is 6.06. The number of aromatic nitrogens is 2. The smallest absolute Gasteiger partial charge is 0.278 e. The van der Waals surface area contributed by atoms with Crippen LogP contribution in [-0.4, -0.2) is 50.9 Å². The van der Waals surface area contributed by atoms with Gasteiger partial charge < -0.3 is 10.0 Å². The average molecular weight is 304 g/mol.